The SMILES string of the molecule is CS(=O)(=O)c1ccc(F)c(S(=O)(=O)N[C@@H]2CCCNC2)c1. The Morgan fingerprint density at radius 3 is 2.57 bits per heavy atom. The molecule has 21 heavy (non-hydrogen) atoms. The molecule has 0 amide bonds. The quantitative estimate of drug-likeness (QED) is 0.770. The van der Waals surface area contributed by atoms with Crippen molar-refractivity contribution >= 4 is 19.9 Å². The highest BCUT2D eigenvalue weighted by atomic mass is 32.2. The highest BCUT2D eigenvalue weighted by molar-refractivity contribution is 7.91. The van der Waals surface area contributed by atoms with E-state index in [0.29, 0.717) is 13.0 Å². The standard InChI is InChI=1S/C12H17FN2O4S2/c1-20(16,17)10-4-5-11(13)12(7-10)21(18,19)15-9-3-2-6-14-8-9/h4-5,7,9,14-15H,2-3,6,8H2,1H3/t9-/m1/s1. The van der Waals surface area contributed by atoms with E-state index in [9.17, 15) is 21.2 Å². The summed E-state index contributed by atoms with van der Waals surface area (Å²) < 4.78 is 63.6. The summed E-state index contributed by atoms with van der Waals surface area (Å²) in [5.74, 6) is -0.973. The molecule has 0 spiro atoms. The van der Waals surface area contributed by atoms with Crippen LogP contribution < -0.4 is 10.0 Å². The lowest BCUT2D eigenvalue weighted by molar-refractivity contribution is 0.427. The number of hydrogen-bond donors (Lipinski definition) is 2. The zero-order valence-electron chi connectivity index (χ0n) is 11.5. The van der Waals surface area contributed by atoms with E-state index in [1.807, 2.05) is 0 Å². The average Bonchev–Trinajstić information content (AvgIpc) is 2.38. The van der Waals surface area contributed by atoms with Gasteiger partial charge in [-0.25, -0.2) is 25.9 Å². The number of benzene rings is 1. The molecule has 0 unspecified atom stereocenters. The van der Waals surface area contributed by atoms with Crippen LogP contribution in [-0.4, -0.2) is 42.2 Å². The van der Waals surface area contributed by atoms with E-state index in [0.717, 1.165) is 37.4 Å². The molecule has 6 nitrogen and oxygen atoms in total. The molecule has 9 heteroatoms. The highest BCUT2D eigenvalue weighted by Crippen LogP contribution is 2.20. The molecular weight excluding hydrogens is 319 g/mol. The third kappa shape index (κ3) is 4.00. The maximum Gasteiger partial charge on any atom is 0.243 e. The Kier molecular flexibility index (Phi) is 4.66. The number of nitrogens with one attached hydrogen (secondary N) is 2. The van der Waals surface area contributed by atoms with Gasteiger partial charge in [0.15, 0.2) is 9.84 Å². The van der Waals surface area contributed by atoms with Gasteiger partial charge in [0, 0.05) is 18.8 Å². The van der Waals surface area contributed by atoms with Crippen molar-refractivity contribution in [3.63, 3.8) is 0 Å². The molecule has 0 aromatic heterocycles. The number of halogens is 1. The summed E-state index contributed by atoms with van der Waals surface area (Å²) in [4.78, 5) is -0.873. The minimum absolute atomic E-state index is 0.231. The van der Waals surface area contributed by atoms with Crippen LogP contribution in [0.1, 0.15) is 12.8 Å². The predicted octanol–water partition coefficient (Wildman–Crippen LogP) is 0.259. The molecule has 1 heterocycles. The van der Waals surface area contributed by atoms with Crippen LogP contribution in [0, 0.1) is 5.82 Å². The van der Waals surface area contributed by atoms with Crippen molar-refractivity contribution in [1.82, 2.24) is 10.0 Å². The van der Waals surface area contributed by atoms with Gasteiger partial charge < -0.3 is 5.32 Å². The Morgan fingerprint density at radius 1 is 1.29 bits per heavy atom. The minimum atomic E-state index is -4.10. The van der Waals surface area contributed by atoms with Crippen LogP contribution in [0.25, 0.3) is 0 Å². The second kappa shape index (κ2) is 5.99. The maximum atomic E-state index is 13.8. The van der Waals surface area contributed by atoms with Gasteiger partial charge in [0.2, 0.25) is 10.0 Å². The summed E-state index contributed by atoms with van der Waals surface area (Å²) >= 11 is 0. The minimum Gasteiger partial charge on any atom is -0.315 e. The number of sulfone groups is 1. The van der Waals surface area contributed by atoms with Crippen molar-refractivity contribution in [3.8, 4) is 0 Å². The van der Waals surface area contributed by atoms with Crippen molar-refractivity contribution in [2.45, 2.75) is 28.7 Å². The maximum absolute atomic E-state index is 13.8. The van der Waals surface area contributed by atoms with Gasteiger partial charge in [0.1, 0.15) is 10.7 Å². The highest BCUT2D eigenvalue weighted by Gasteiger charge is 2.25. The van der Waals surface area contributed by atoms with Crippen LogP contribution in [0.5, 0.6) is 0 Å². The first-order chi connectivity index (χ1) is 9.70. The Morgan fingerprint density at radius 2 is 2.00 bits per heavy atom. The zero-order valence-corrected chi connectivity index (χ0v) is 13.1. The van der Waals surface area contributed by atoms with E-state index in [1.165, 1.54) is 0 Å². The summed E-state index contributed by atoms with van der Waals surface area (Å²) in [5, 5.41) is 3.04. The van der Waals surface area contributed by atoms with Crippen molar-refractivity contribution < 1.29 is 21.2 Å². The molecule has 0 aliphatic carbocycles. The molecule has 1 atom stereocenters. The zero-order chi connectivity index (χ0) is 15.7. The first-order valence-electron chi connectivity index (χ1n) is 6.43. The second-order valence-corrected chi connectivity index (χ2v) is 8.73. The van der Waals surface area contributed by atoms with Crippen LogP contribution in [0.3, 0.4) is 0 Å². The van der Waals surface area contributed by atoms with Gasteiger partial charge >= 0.3 is 0 Å². The molecular formula is C12H17FN2O4S2. The van der Waals surface area contributed by atoms with E-state index < -0.39 is 30.6 Å². The third-order valence-corrected chi connectivity index (χ3v) is 5.88. The van der Waals surface area contributed by atoms with E-state index in [4.69, 9.17) is 0 Å². The van der Waals surface area contributed by atoms with Crippen LogP contribution >= 0.6 is 0 Å². The molecule has 0 radical (unpaired) electrons. The van der Waals surface area contributed by atoms with Crippen LogP contribution in [0.4, 0.5) is 4.39 Å². The first-order valence-corrected chi connectivity index (χ1v) is 9.80. The lowest BCUT2D eigenvalue weighted by atomic mass is 10.1. The summed E-state index contributed by atoms with van der Waals surface area (Å²) in [7, 11) is -7.71. The first kappa shape index (κ1) is 16.3. The van der Waals surface area contributed by atoms with Crippen molar-refractivity contribution in [1.29, 1.82) is 0 Å². The Hall–Kier alpha value is -1.03. The fourth-order valence-electron chi connectivity index (χ4n) is 2.16. The molecule has 0 bridgehead atoms. The largest absolute Gasteiger partial charge is 0.315 e. The van der Waals surface area contributed by atoms with Gasteiger partial charge in [0.25, 0.3) is 0 Å². The molecule has 1 aromatic carbocycles. The molecule has 118 valence electrons. The van der Waals surface area contributed by atoms with Crippen molar-refractivity contribution in [2.24, 2.45) is 0 Å². The van der Waals surface area contributed by atoms with E-state index in [1.54, 1.807) is 0 Å². The van der Waals surface area contributed by atoms with E-state index >= 15 is 0 Å². The molecule has 2 rings (SSSR count). The number of piperidine rings is 1. The van der Waals surface area contributed by atoms with Crippen LogP contribution in [0.15, 0.2) is 28.0 Å². The van der Waals surface area contributed by atoms with Gasteiger partial charge in [0.05, 0.1) is 4.90 Å². The topological polar surface area (TPSA) is 92.3 Å². The fraction of sp³-hybridized carbons (Fsp3) is 0.500. The van der Waals surface area contributed by atoms with Gasteiger partial charge in [-0.2, -0.15) is 0 Å². The molecule has 0 saturated carbocycles. The van der Waals surface area contributed by atoms with Crippen molar-refractivity contribution in [2.75, 3.05) is 19.3 Å². The lowest BCUT2D eigenvalue weighted by Gasteiger charge is -2.23. The van der Waals surface area contributed by atoms with Crippen LogP contribution in [-0.2, 0) is 19.9 Å². The molecule has 1 fully saturated rings. The molecule has 1 aliphatic heterocycles. The Labute approximate surface area is 123 Å². The monoisotopic (exact) mass is 336 g/mol. The van der Waals surface area contributed by atoms with Gasteiger partial charge in [-0.15, -0.1) is 0 Å². The summed E-state index contributed by atoms with van der Waals surface area (Å²) in [6.45, 7) is 1.28. The second-order valence-electron chi connectivity index (χ2n) is 5.03. The van der Waals surface area contributed by atoms with E-state index in [-0.39, 0.29) is 10.9 Å². The predicted molar refractivity (Wildman–Crippen MR) is 75.7 cm³/mol. The summed E-state index contributed by atoms with van der Waals surface area (Å²) in [6, 6.07) is 2.42. The van der Waals surface area contributed by atoms with Gasteiger partial charge in [-0.05, 0) is 37.6 Å². The molecule has 1 aliphatic rings. The smallest absolute Gasteiger partial charge is 0.243 e. The fourth-order valence-corrected chi connectivity index (χ4v) is 4.25. The lowest BCUT2D eigenvalue weighted by Crippen LogP contribution is -2.45. The van der Waals surface area contributed by atoms with Crippen molar-refractivity contribution in [3.05, 3.63) is 24.0 Å². The Balaban J connectivity index is 2.34. The molecule has 1 aromatic rings. The van der Waals surface area contributed by atoms with Crippen LogP contribution in [0.2, 0.25) is 0 Å². The summed E-state index contributed by atoms with van der Waals surface area (Å²) in [5.41, 5.74) is 0. The average molecular weight is 336 g/mol. The number of rotatable bonds is 4. The number of sulfonamides is 1. The van der Waals surface area contributed by atoms with Gasteiger partial charge in [-0.1, -0.05) is 0 Å². The third-order valence-electron chi connectivity index (χ3n) is 3.24. The van der Waals surface area contributed by atoms with Gasteiger partial charge in [-0.3, -0.25) is 0 Å². The Bertz CT molecular complexity index is 726. The molecule has 2 N–H and O–H groups in total. The number of hydrogen-bond acceptors (Lipinski definition) is 5. The molecule has 1 saturated heterocycles. The normalized spacial score (nSPS) is 20.4. The van der Waals surface area contributed by atoms with E-state index in [2.05, 4.69) is 10.0 Å². The summed E-state index contributed by atoms with van der Waals surface area (Å²) in [6.07, 6.45) is 2.41.